The molecular formula is C26H44N4O. The van der Waals surface area contributed by atoms with Crippen LogP contribution in [0.3, 0.4) is 0 Å². The molecule has 0 unspecified atom stereocenters. The first-order valence-electron chi connectivity index (χ1n) is 11.8. The fourth-order valence-corrected chi connectivity index (χ4v) is 5.09. The van der Waals surface area contributed by atoms with Crippen LogP contribution in [0.4, 0.5) is 10.5 Å². The zero-order valence-corrected chi connectivity index (χ0v) is 18.7. The van der Waals surface area contributed by atoms with Gasteiger partial charge in [0.1, 0.15) is 0 Å². The summed E-state index contributed by atoms with van der Waals surface area (Å²) in [5.41, 5.74) is 6.61. The van der Waals surface area contributed by atoms with E-state index in [1.54, 1.807) is 0 Å². The Bertz CT molecular complexity index is 663. The third-order valence-electron chi connectivity index (χ3n) is 6.97. The molecule has 31 heavy (non-hydrogen) atoms. The predicted octanol–water partition coefficient (Wildman–Crippen LogP) is 5.59. The normalized spacial score (nSPS) is 21.6. The number of urea groups is 1. The number of nitrogens with one attached hydrogen (secondary N) is 1. The summed E-state index contributed by atoms with van der Waals surface area (Å²) in [4.78, 5) is 17.4. The second kappa shape index (κ2) is 12.6. The van der Waals surface area contributed by atoms with Gasteiger partial charge in [-0.15, -0.1) is 0 Å². The molecular weight excluding hydrogens is 384 g/mol. The number of nitrogens with zero attached hydrogens (tertiary/aromatic N) is 2. The standard InChI is InChI=1S/C25H40N4O.CH4/c1-20(26)27-17-21-13-15-23(16-14-21)19-29(18-22-9-5-3-6-10-22)25(30)28(2)24-11-7-4-8-12-24;/h4,7-8,11-12,21-23,27H,1,3,5-6,9-10,13-19,26H2,2H3;1H4. The molecule has 0 bridgehead atoms. The van der Waals surface area contributed by atoms with E-state index in [1.807, 2.05) is 42.3 Å². The molecule has 2 aliphatic carbocycles. The molecule has 2 saturated carbocycles. The van der Waals surface area contributed by atoms with Crippen LogP contribution in [0, 0.1) is 17.8 Å². The summed E-state index contributed by atoms with van der Waals surface area (Å²) in [7, 11) is 1.91. The predicted molar refractivity (Wildman–Crippen MR) is 132 cm³/mol. The highest BCUT2D eigenvalue weighted by Crippen LogP contribution is 2.31. The van der Waals surface area contributed by atoms with E-state index in [0.717, 1.165) is 25.3 Å². The van der Waals surface area contributed by atoms with Gasteiger partial charge in [0.25, 0.3) is 0 Å². The smallest absolute Gasteiger partial charge is 0.324 e. The molecule has 0 heterocycles. The van der Waals surface area contributed by atoms with Gasteiger partial charge in [0.15, 0.2) is 0 Å². The second-order valence-corrected chi connectivity index (χ2v) is 9.38. The van der Waals surface area contributed by atoms with Crippen molar-refractivity contribution in [1.82, 2.24) is 10.2 Å². The van der Waals surface area contributed by atoms with E-state index in [9.17, 15) is 4.79 Å². The van der Waals surface area contributed by atoms with Crippen LogP contribution in [0.25, 0.3) is 0 Å². The molecule has 2 aliphatic rings. The lowest BCUT2D eigenvalue weighted by Crippen LogP contribution is -2.46. The maximum atomic E-state index is 13.5. The van der Waals surface area contributed by atoms with Crippen LogP contribution in [0.5, 0.6) is 0 Å². The van der Waals surface area contributed by atoms with E-state index >= 15 is 0 Å². The van der Waals surface area contributed by atoms with Crippen molar-refractivity contribution in [3.05, 3.63) is 42.7 Å². The maximum Gasteiger partial charge on any atom is 0.324 e. The van der Waals surface area contributed by atoms with Gasteiger partial charge in [-0.05, 0) is 68.4 Å². The number of carbonyl (C=O) groups excluding carboxylic acids is 1. The molecule has 2 amide bonds. The van der Waals surface area contributed by atoms with Crippen molar-refractivity contribution in [3.8, 4) is 0 Å². The Kier molecular flexibility index (Phi) is 10.2. The molecule has 5 nitrogen and oxygen atoms in total. The molecule has 1 aromatic rings. The number of carbonyl (C=O) groups is 1. The van der Waals surface area contributed by atoms with E-state index in [-0.39, 0.29) is 13.5 Å². The van der Waals surface area contributed by atoms with Gasteiger partial charge in [-0.2, -0.15) is 0 Å². The van der Waals surface area contributed by atoms with Crippen molar-refractivity contribution in [2.75, 3.05) is 31.6 Å². The number of rotatable bonds is 8. The van der Waals surface area contributed by atoms with Crippen molar-refractivity contribution < 1.29 is 4.79 Å². The highest BCUT2D eigenvalue weighted by molar-refractivity contribution is 5.91. The number of amides is 2. The Morgan fingerprint density at radius 3 is 2.10 bits per heavy atom. The number of hydrogen-bond donors (Lipinski definition) is 2. The summed E-state index contributed by atoms with van der Waals surface area (Å²) >= 11 is 0. The van der Waals surface area contributed by atoms with Crippen molar-refractivity contribution in [2.45, 2.75) is 65.2 Å². The number of hydrogen-bond acceptors (Lipinski definition) is 3. The SMILES string of the molecule is C.C=C(N)NCC1CCC(CN(CC2CCCCC2)C(=O)N(C)c2ccccc2)CC1. The largest absolute Gasteiger partial charge is 0.386 e. The summed E-state index contributed by atoms with van der Waals surface area (Å²) in [6.07, 6.45) is 11.3. The Labute approximate surface area is 190 Å². The second-order valence-electron chi connectivity index (χ2n) is 9.38. The van der Waals surface area contributed by atoms with Crippen molar-refractivity contribution in [1.29, 1.82) is 0 Å². The molecule has 2 fully saturated rings. The van der Waals surface area contributed by atoms with Gasteiger partial charge in [0.2, 0.25) is 0 Å². The van der Waals surface area contributed by atoms with Crippen molar-refractivity contribution >= 4 is 11.7 Å². The molecule has 5 heteroatoms. The van der Waals surface area contributed by atoms with Crippen LogP contribution >= 0.6 is 0 Å². The Balaban J connectivity index is 0.00000341. The first kappa shape index (κ1) is 25.1. The number of anilines is 1. The van der Waals surface area contributed by atoms with Crippen LogP contribution in [-0.4, -0.2) is 37.6 Å². The van der Waals surface area contributed by atoms with Crippen LogP contribution in [-0.2, 0) is 0 Å². The first-order chi connectivity index (χ1) is 14.5. The summed E-state index contributed by atoms with van der Waals surface area (Å²) < 4.78 is 0. The summed E-state index contributed by atoms with van der Waals surface area (Å²) in [6.45, 7) is 6.44. The fourth-order valence-electron chi connectivity index (χ4n) is 5.09. The highest BCUT2D eigenvalue weighted by Gasteiger charge is 2.28. The molecule has 1 aromatic carbocycles. The zero-order valence-electron chi connectivity index (χ0n) is 18.7. The lowest BCUT2D eigenvalue weighted by molar-refractivity contribution is 0.156. The maximum absolute atomic E-state index is 13.5. The molecule has 3 N–H and O–H groups in total. The quantitative estimate of drug-likeness (QED) is 0.567. The molecule has 0 saturated heterocycles. The fraction of sp³-hybridized carbons (Fsp3) is 0.654. The van der Waals surface area contributed by atoms with Gasteiger partial charge in [-0.1, -0.05) is 51.5 Å². The molecule has 0 radical (unpaired) electrons. The van der Waals surface area contributed by atoms with Crippen molar-refractivity contribution in [2.24, 2.45) is 23.5 Å². The van der Waals surface area contributed by atoms with Gasteiger partial charge in [0.05, 0.1) is 5.82 Å². The molecule has 0 atom stereocenters. The van der Waals surface area contributed by atoms with Gasteiger partial charge in [-0.3, -0.25) is 4.90 Å². The van der Waals surface area contributed by atoms with Gasteiger partial charge in [-0.25, -0.2) is 4.79 Å². The summed E-state index contributed by atoms with van der Waals surface area (Å²) in [6, 6.07) is 10.2. The lowest BCUT2D eigenvalue weighted by Gasteiger charge is -2.37. The monoisotopic (exact) mass is 428 g/mol. The molecule has 3 rings (SSSR count). The van der Waals surface area contributed by atoms with E-state index in [2.05, 4.69) is 16.8 Å². The minimum atomic E-state index is 0. The van der Waals surface area contributed by atoms with Gasteiger partial charge in [0, 0.05) is 32.4 Å². The van der Waals surface area contributed by atoms with E-state index < -0.39 is 0 Å². The van der Waals surface area contributed by atoms with E-state index in [0.29, 0.717) is 23.6 Å². The first-order valence-corrected chi connectivity index (χ1v) is 11.8. The zero-order chi connectivity index (χ0) is 21.3. The van der Waals surface area contributed by atoms with Crippen LogP contribution in [0.1, 0.15) is 65.2 Å². The number of nitrogens with two attached hydrogens (primary N) is 1. The molecule has 0 aliphatic heterocycles. The average Bonchev–Trinajstić information content (AvgIpc) is 2.78. The molecule has 0 aromatic heterocycles. The van der Waals surface area contributed by atoms with E-state index in [4.69, 9.17) is 5.73 Å². The minimum Gasteiger partial charge on any atom is -0.386 e. The van der Waals surface area contributed by atoms with Gasteiger partial charge < -0.3 is 16.0 Å². The Morgan fingerprint density at radius 1 is 0.968 bits per heavy atom. The third-order valence-corrected chi connectivity index (χ3v) is 6.97. The number of para-hydroxylation sites is 1. The Morgan fingerprint density at radius 2 is 1.52 bits per heavy atom. The lowest BCUT2D eigenvalue weighted by atomic mass is 9.81. The number of benzene rings is 1. The minimum absolute atomic E-state index is 0. The highest BCUT2D eigenvalue weighted by atomic mass is 16.2. The van der Waals surface area contributed by atoms with Crippen molar-refractivity contribution in [3.63, 3.8) is 0 Å². The van der Waals surface area contributed by atoms with Gasteiger partial charge >= 0.3 is 6.03 Å². The van der Waals surface area contributed by atoms with Crippen LogP contribution in [0.2, 0.25) is 0 Å². The van der Waals surface area contributed by atoms with E-state index in [1.165, 1.54) is 57.8 Å². The Hall–Kier alpha value is -2.17. The topological polar surface area (TPSA) is 61.6 Å². The molecule has 0 spiro atoms. The third kappa shape index (κ3) is 7.79. The molecule has 174 valence electrons. The average molecular weight is 429 g/mol. The van der Waals surface area contributed by atoms with Crippen LogP contribution < -0.4 is 16.0 Å². The van der Waals surface area contributed by atoms with Crippen LogP contribution in [0.15, 0.2) is 42.7 Å². The summed E-state index contributed by atoms with van der Waals surface area (Å²) in [5.74, 6) is 2.48. The summed E-state index contributed by atoms with van der Waals surface area (Å²) in [5, 5.41) is 3.19.